The number of benzene rings is 2. The molecule has 0 fully saturated rings. The molecule has 4 rings (SSSR count). The number of hydrazone groups is 1. The topological polar surface area (TPSA) is 144 Å². The van der Waals surface area contributed by atoms with E-state index in [1.54, 1.807) is 0 Å². The van der Waals surface area contributed by atoms with Crippen molar-refractivity contribution in [2.24, 2.45) is 5.10 Å². The average molecular weight is 490 g/mol. The molecule has 0 aliphatic heterocycles. The zero-order valence-electron chi connectivity index (χ0n) is 14.8. The molecule has 0 unspecified atom stereocenters. The number of fused-ring (bicyclic) bond motifs is 1. The van der Waals surface area contributed by atoms with Gasteiger partial charge in [0, 0.05) is 32.9 Å². The molecule has 0 radical (unpaired) electrons. The Balaban J connectivity index is 1.63. The highest BCUT2D eigenvalue weighted by Crippen LogP contribution is 2.25. The van der Waals surface area contributed by atoms with Gasteiger partial charge in [0.15, 0.2) is 11.6 Å². The van der Waals surface area contributed by atoms with Crippen LogP contribution >= 0.6 is 27.5 Å². The van der Waals surface area contributed by atoms with Crippen LogP contribution in [0.2, 0.25) is 5.02 Å². The molecule has 4 aromatic rings. The Bertz CT molecular complexity index is 1260. The normalized spacial score (nSPS) is 11.1. The van der Waals surface area contributed by atoms with Crippen LogP contribution in [-0.4, -0.2) is 31.4 Å². The third kappa shape index (κ3) is 4.34. The summed E-state index contributed by atoms with van der Waals surface area (Å²) in [5.74, 6) is 0.557. The Hall–Kier alpha value is -3.64. The van der Waals surface area contributed by atoms with Crippen molar-refractivity contribution in [3.05, 3.63) is 67.6 Å². The van der Waals surface area contributed by atoms with Gasteiger partial charge in [-0.15, -0.1) is 0 Å². The summed E-state index contributed by atoms with van der Waals surface area (Å²) < 4.78 is 5.58. The number of hydrogen-bond acceptors (Lipinski definition) is 10. The smallest absolute Gasteiger partial charge is 0.270 e. The molecule has 2 heterocycles. The Kier molecular flexibility index (Phi) is 5.50. The number of halogens is 2. The standard InChI is InChI=1S/C17H10BrClN8O3/c18-10-1-3-11(4-2-10)21-14-15(23-17-16(22-14)25-30-26-17)24-20-8-9-7-12(27(28)29)5-6-13(9)19/h1-8H,(H,21,22,25)(H,23,24,26)/b20-8+. The summed E-state index contributed by atoms with van der Waals surface area (Å²) in [6.07, 6.45) is 1.34. The van der Waals surface area contributed by atoms with Crippen molar-refractivity contribution < 1.29 is 9.55 Å². The van der Waals surface area contributed by atoms with E-state index in [0.29, 0.717) is 16.4 Å². The van der Waals surface area contributed by atoms with Crippen molar-refractivity contribution in [3.63, 3.8) is 0 Å². The fourth-order valence-electron chi connectivity index (χ4n) is 2.38. The molecule has 11 nitrogen and oxygen atoms in total. The Labute approximate surface area is 181 Å². The zero-order chi connectivity index (χ0) is 21.1. The van der Waals surface area contributed by atoms with Crippen molar-refractivity contribution in [2.45, 2.75) is 0 Å². The number of non-ortho nitro benzene ring substituents is 1. The molecule has 0 spiro atoms. The lowest BCUT2D eigenvalue weighted by molar-refractivity contribution is -0.384. The van der Waals surface area contributed by atoms with Crippen LogP contribution in [0.1, 0.15) is 5.56 Å². The van der Waals surface area contributed by atoms with Crippen LogP contribution in [0.15, 0.2) is 56.7 Å². The summed E-state index contributed by atoms with van der Waals surface area (Å²) >= 11 is 9.46. The molecular weight excluding hydrogens is 480 g/mol. The van der Waals surface area contributed by atoms with E-state index < -0.39 is 4.92 Å². The molecule has 0 bridgehead atoms. The Morgan fingerprint density at radius 2 is 1.80 bits per heavy atom. The molecule has 30 heavy (non-hydrogen) atoms. The number of anilines is 3. The maximum atomic E-state index is 10.9. The average Bonchev–Trinajstić information content (AvgIpc) is 3.18. The van der Waals surface area contributed by atoms with Crippen LogP contribution in [0.4, 0.5) is 23.0 Å². The first-order valence-electron chi connectivity index (χ1n) is 8.25. The second-order valence-electron chi connectivity index (χ2n) is 5.80. The van der Waals surface area contributed by atoms with Gasteiger partial charge in [-0.1, -0.05) is 27.5 Å². The van der Waals surface area contributed by atoms with Gasteiger partial charge in [-0.25, -0.2) is 9.61 Å². The van der Waals surface area contributed by atoms with E-state index in [9.17, 15) is 10.1 Å². The van der Waals surface area contributed by atoms with Crippen molar-refractivity contribution in [1.29, 1.82) is 0 Å². The number of nitro groups is 1. The lowest BCUT2D eigenvalue weighted by Crippen LogP contribution is -2.03. The zero-order valence-corrected chi connectivity index (χ0v) is 17.1. The van der Waals surface area contributed by atoms with Crippen LogP contribution in [0.5, 0.6) is 0 Å². The monoisotopic (exact) mass is 488 g/mol. The maximum absolute atomic E-state index is 10.9. The quantitative estimate of drug-likeness (QED) is 0.227. The molecule has 13 heteroatoms. The minimum absolute atomic E-state index is 0.103. The van der Waals surface area contributed by atoms with Crippen molar-refractivity contribution in [3.8, 4) is 0 Å². The summed E-state index contributed by atoms with van der Waals surface area (Å²) in [5, 5.41) is 25.8. The van der Waals surface area contributed by atoms with E-state index in [1.165, 1.54) is 24.4 Å². The summed E-state index contributed by atoms with van der Waals surface area (Å²) in [4.78, 5) is 19.0. The van der Waals surface area contributed by atoms with Gasteiger partial charge in [0.2, 0.25) is 11.3 Å². The molecule has 0 saturated carbocycles. The maximum Gasteiger partial charge on any atom is 0.270 e. The van der Waals surface area contributed by atoms with Crippen LogP contribution in [0, 0.1) is 10.1 Å². The molecule has 2 N–H and O–H groups in total. The Morgan fingerprint density at radius 3 is 2.50 bits per heavy atom. The van der Waals surface area contributed by atoms with E-state index in [1.807, 2.05) is 24.3 Å². The third-order valence-corrected chi connectivity index (χ3v) is 4.66. The van der Waals surface area contributed by atoms with Crippen LogP contribution in [0.25, 0.3) is 11.3 Å². The summed E-state index contributed by atoms with van der Waals surface area (Å²) in [5.41, 5.74) is 4.14. The van der Waals surface area contributed by atoms with Crippen LogP contribution < -0.4 is 10.7 Å². The highest BCUT2D eigenvalue weighted by atomic mass is 79.9. The minimum atomic E-state index is -0.516. The largest absolute Gasteiger partial charge is 0.337 e. The fourth-order valence-corrected chi connectivity index (χ4v) is 2.81. The molecule has 150 valence electrons. The number of rotatable bonds is 6. The number of nitrogens with one attached hydrogen (secondary N) is 2. The van der Waals surface area contributed by atoms with Gasteiger partial charge in [-0.2, -0.15) is 10.1 Å². The molecule has 2 aromatic heterocycles. The lowest BCUT2D eigenvalue weighted by atomic mass is 10.2. The molecule has 0 aliphatic carbocycles. The molecular formula is C17H10BrClN8O3. The number of nitro benzene ring substituents is 1. The van der Waals surface area contributed by atoms with Gasteiger partial charge >= 0.3 is 0 Å². The van der Waals surface area contributed by atoms with Gasteiger partial charge in [0.1, 0.15) is 0 Å². The van der Waals surface area contributed by atoms with Gasteiger partial charge in [-0.05, 0) is 40.6 Å². The van der Waals surface area contributed by atoms with E-state index in [2.05, 4.69) is 56.7 Å². The third-order valence-electron chi connectivity index (χ3n) is 3.79. The first-order chi connectivity index (χ1) is 14.5. The minimum Gasteiger partial charge on any atom is -0.337 e. The summed E-state index contributed by atoms with van der Waals surface area (Å²) in [7, 11) is 0. The molecule has 0 amide bonds. The Morgan fingerprint density at radius 1 is 1.10 bits per heavy atom. The van der Waals surface area contributed by atoms with Crippen LogP contribution in [-0.2, 0) is 0 Å². The number of aromatic nitrogens is 4. The van der Waals surface area contributed by atoms with Gasteiger partial charge in [0.25, 0.3) is 5.69 Å². The molecule has 0 saturated heterocycles. The predicted molar refractivity (Wildman–Crippen MR) is 114 cm³/mol. The highest BCUT2D eigenvalue weighted by molar-refractivity contribution is 9.10. The second kappa shape index (κ2) is 8.39. The molecule has 0 aliphatic rings. The first kappa shape index (κ1) is 19.7. The van der Waals surface area contributed by atoms with E-state index in [4.69, 9.17) is 11.6 Å². The number of hydrogen-bond donors (Lipinski definition) is 2. The van der Waals surface area contributed by atoms with Crippen molar-refractivity contribution in [1.82, 2.24) is 20.3 Å². The fraction of sp³-hybridized carbons (Fsp3) is 0. The predicted octanol–water partition coefficient (Wildman–Crippen LogP) is 4.53. The van der Waals surface area contributed by atoms with Crippen LogP contribution in [0.3, 0.4) is 0 Å². The van der Waals surface area contributed by atoms with Crippen molar-refractivity contribution >= 4 is 68.1 Å². The van der Waals surface area contributed by atoms with Gasteiger partial charge in [0.05, 0.1) is 11.1 Å². The molecule has 0 atom stereocenters. The van der Waals surface area contributed by atoms with Gasteiger partial charge in [-0.3, -0.25) is 15.5 Å². The second-order valence-corrected chi connectivity index (χ2v) is 7.12. The van der Waals surface area contributed by atoms with E-state index in [-0.39, 0.29) is 22.8 Å². The van der Waals surface area contributed by atoms with E-state index >= 15 is 0 Å². The summed E-state index contributed by atoms with van der Waals surface area (Å²) in [6, 6.07) is 11.5. The number of nitrogens with zero attached hydrogens (tertiary/aromatic N) is 6. The summed E-state index contributed by atoms with van der Waals surface area (Å²) in [6.45, 7) is 0. The van der Waals surface area contributed by atoms with Gasteiger partial charge < -0.3 is 5.32 Å². The highest BCUT2D eigenvalue weighted by Gasteiger charge is 2.13. The van der Waals surface area contributed by atoms with E-state index in [0.717, 1.165) is 10.2 Å². The lowest BCUT2D eigenvalue weighted by Gasteiger charge is -2.09. The first-order valence-corrected chi connectivity index (χ1v) is 9.42. The SMILES string of the molecule is O=[N+]([O-])c1ccc(Cl)c(/C=N/Nc2nc3nonc3nc2Nc2ccc(Br)cc2)c1. The molecule has 2 aromatic carbocycles. The van der Waals surface area contributed by atoms with Crippen molar-refractivity contribution in [2.75, 3.05) is 10.7 Å².